The van der Waals surface area contributed by atoms with Crippen LogP contribution in [0.4, 0.5) is 0 Å². The Kier molecular flexibility index (Phi) is 8.13. The van der Waals surface area contributed by atoms with Crippen molar-refractivity contribution < 1.29 is 0 Å². The smallest absolute Gasteiger partial charge is 0.0359 e. The van der Waals surface area contributed by atoms with Gasteiger partial charge in [0.05, 0.1) is 0 Å². The average molecular weight is 283 g/mol. The molecule has 1 aliphatic rings. The standard InChI is InChI=1S/C18H38N2/c1-6-18(7-2,20(8-3)9-4)17(19-5)16-14-12-10-11-13-15-16/h16-17,19H,6-15H2,1-5H3. The molecule has 0 bridgehead atoms. The van der Waals surface area contributed by atoms with Gasteiger partial charge in [0.2, 0.25) is 0 Å². The lowest BCUT2D eigenvalue weighted by Crippen LogP contribution is -2.62. The summed E-state index contributed by atoms with van der Waals surface area (Å²) < 4.78 is 0. The van der Waals surface area contributed by atoms with Crippen molar-refractivity contribution in [3.63, 3.8) is 0 Å². The number of likely N-dealkylation sites (N-methyl/N-ethyl adjacent to an activating group) is 2. The van der Waals surface area contributed by atoms with Gasteiger partial charge >= 0.3 is 0 Å². The minimum Gasteiger partial charge on any atom is -0.315 e. The van der Waals surface area contributed by atoms with E-state index < -0.39 is 0 Å². The first-order chi connectivity index (χ1) is 9.69. The highest BCUT2D eigenvalue weighted by Gasteiger charge is 2.42. The predicted molar refractivity (Wildman–Crippen MR) is 90.3 cm³/mol. The Morgan fingerprint density at radius 3 is 1.80 bits per heavy atom. The lowest BCUT2D eigenvalue weighted by atomic mass is 9.74. The minimum absolute atomic E-state index is 0.341. The van der Waals surface area contributed by atoms with Crippen molar-refractivity contribution in [1.82, 2.24) is 10.2 Å². The fourth-order valence-electron chi connectivity index (χ4n) is 4.77. The van der Waals surface area contributed by atoms with E-state index in [0.717, 1.165) is 5.92 Å². The molecule has 1 rings (SSSR count). The summed E-state index contributed by atoms with van der Waals surface area (Å²) in [5.41, 5.74) is 0.341. The molecule has 2 heteroatoms. The van der Waals surface area contributed by atoms with Gasteiger partial charge in [-0.3, -0.25) is 4.90 Å². The van der Waals surface area contributed by atoms with Crippen molar-refractivity contribution in [3.8, 4) is 0 Å². The SMILES string of the molecule is CCN(CC)C(CC)(CC)C(NC)C1CCCCCC1. The van der Waals surface area contributed by atoms with Crippen LogP contribution >= 0.6 is 0 Å². The summed E-state index contributed by atoms with van der Waals surface area (Å²) >= 11 is 0. The Hall–Kier alpha value is -0.0800. The molecule has 0 amide bonds. The topological polar surface area (TPSA) is 15.3 Å². The molecule has 1 saturated carbocycles. The third-order valence-corrected chi connectivity index (χ3v) is 5.88. The summed E-state index contributed by atoms with van der Waals surface area (Å²) in [6.07, 6.45) is 11.1. The van der Waals surface area contributed by atoms with Crippen molar-refractivity contribution in [2.45, 2.75) is 90.6 Å². The van der Waals surface area contributed by atoms with Crippen LogP contribution in [0.2, 0.25) is 0 Å². The molecule has 0 aromatic carbocycles. The van der Waals surface area contributed by atoms with Gasteiger partial charge in [0.1, 0.15) is 0 Å². The van der Waals surface area contributed by atoms with E-state index in [1.165, 1.54) is 64.5 Å². The maximum atomic E-state index is 3.75. The summed E-state index contributed by atoms with van der Waals surface area (Å²) in [5.74, 6) is 0.864. The third kappa shape index (κ3) is 3.76. The molecule has 0 aromatic rings. The first kappa shape index (κ1) is 18.0. The van der Waals surface area contributed by atoms with E-state index in [0.29, 0.717) is 11.6 Å². The van der Waals surface area contributed by atoms with Crippen LogP contribution in [0.1, 0.15) is 79.1 Å². The average Bonchev–Trinajstić information content (AvgIpc) is 2.76. The third-order valence-electron chi connectivity index (χ3n) is 5.88. The molecule has 0 aromatic heterocycles. The molecular weight excluding hydrogens is 244 g/mol. The zero-order valence-electron chi connectivity index (χ0n) is 14.7. The molecule has 0 saturated heterocycles. The number of nitrogens with one attached hydrogen (secondary N) is 1. The van der Waals surface area contributed by atoms with E-state index in [1.807, 2.05) is 0 Å². The van der Waals surface area contributed by atoms with Crippen LogP contribution in [-0.4, -0.2) is 36.6 Å². The molecule has 1 unspecified atom stereocenters. The summed E-state index contributed by atoms with van der Waals surface area (Å²) in [5, 5.41) is 3.75. The molecule has 1 N–H and O–H groups in total. The maximum absolute atomic E-state index is 3.75. The van der Waals surface area contributed by atoms with Crippen molar-refractivity contribution in [3.05, 3.63) is 0 Å². The van der Waals surface area contributed by atoms with Gasteiger partial charge < -0.3 is 5.32 Å². The molecule has 2 nitrogen and oxygen atoms in total. The molecule has 1 aliphatic carbocycles. The predicted octanol–water partition coefficient (Wildman–Crippen LogP) is 4.45. The molecule has 0 radical (unpaired) electrons. The number of hydrogen-bond donors (Lipinski definition) is 1. The Morgan fingerprint density at radius 2 is 1.45 bits per heavy atom. The maximum Gasteiger partial charge on any atom is 0.0359 e. The van der Waals surface area contributed by atoms with Crippen LogP contribution in [0, 0.1) is 5.92 Å². The van der Waals surface area contributed by atoms with Gasteiger partial charge in [-0.2, -0.15) is 0 Å². The summed E-state index contributed by atoms with van der Waals surface area (Å²) in [6.45, 7) is 11.8. The van der Waals surface area contributed by atoms with Crippen LogP contribution in [0.3, 0.4) is 0 Å². The molecule has 0 aliphatic heterocycles. The first-order valence-electron chi connectivity index (χ1n) is 9.12. The Bertz CT molecular complexity index is 236. The van der Waals surface area contributed by atoms with E-state index in [9.17, 15) is 0 Å². The Labute approximate surface area is 127 Å². The van der Waals surface area contributed by atoms with Gasteiger partial charge in [0, 0.05) is 11.6 Å². The monoisotopic (exact) mass is 282 g/mol. The van der Waals surface area contributed by atoms with E-state index in [1.54, 1.807) is 0 Å². The number of nitrogens with zero attached hydrogens (tertiary/aromatic N) is 1. The van der Waals surface area contributed by atoms with Crippen molar-refractivity contribution in [2.75, 3.05) is 20.1 Å². The molecule has 120 valence electrons. The second kappa shape index (κ2) is 9.04. The fourth-order valence-corrected chi connectivity index (χ4v) is 4.77. The van der Waals surface area contributed by atoms with Crippen LogP contribution in [0.25, 0.3) is 0 Å². The number of hydrogen-bond acceptors (Lipinski definition) is 2. The lowest BCUT2D eigenvalue weighted by Gasteiger charge is -2.50. The van der Waals surface area contributed by atoms with Crippen molar-refractivity contribution in [2.24, 2.45) is 5.92 Å². The van der Waals surface area contributed by atoms with E-state index >= 15 is 0 Å². The van der Waals surface area contributed by atoms with Gasteiger partial charge in [0.25, 0.3) is 0 Å². The Balaban J connectivity index is 2.99. The lowest BCUT2D eigenvalue weighted by molar-refractivity contribution is 0.0261. The van der Waals surface area contributed by atoms with Gasteiger partial charge in [-0.15, -0.1) is 0 Å². The van der Waals surface area contributed by atoms with Crippen molar-refractivity contribution >= 4 is 0 Å². The van der Waals surface area contributed by atoms with Crippen LogP contribution in [-0.2, 0) is 0 Å². The largest absolute Gasteiger partial charge is 0.315 e. The van der Waals surface area contributed by atoms with Crippen LogP contribution in [0.5, 0.6) is 0 Å². The quantitative estimate of drug-likeness (QED) is 0.662. The summed E-state index contributed by atoms with van der Waals surface area (Å²) in [4.78, 5) is 2.72. The van der Waals surface area contributed by atoms with Crippen molar-refractivity contribution in [1.29, 1.82) is 0 Å². The Morgan fingerprint density at radius 1 is 0.950 bits per heavy atom. The zero-order chi connectivity index (χ0) is 15.0. The van der Waals surface area contributed by atoms with E-state index in [4.69, 9.17) is 0 Å². The van der Waals surface area contributed by atoms with Gasteiger partial charge in [0.15, 0.2) is 0 Å². The van der Waals surface area contributed by atoms with E-state index in [-0.39, 0.29) is 0 Å². The zero-order valence-corrected chi connectivity index (χ0v) is 14.7. The normalized spacial score (nSPS) is 20.1. The molecule has 20 heavy (non-hydrogen) atoms. The highest BCUT2D eigenvalue weighted by Crippen LogP contribution is 2.37. The number of rotatable bonds is 8. The molecule has 0 spiro atoms. The fraction of sp³-hybridized carbons (Fsp3) is 1.00. The summed E-state index contributed by atoms with van der Waals surface area (Å²) in [7, 11) is 2.19. The van der Waals surface area contributed by atoms with E-state index in [2.05, 4.69) is 45.0 Å². The molecular formula is C18H38N2. The molecule has 0 heterocycles. The van der Waals surface area contributed by atoms with Gasteiger partial charge in [-0.25, -0.2) is 0 Å². The summed E-state index contributed by atoms with van der Waals surface area (Å²) in [6, 6.07) is 0.649. The highest BCUT2D eigenvalue weighted by atomic mass is 15.2. The van der Waals surface area contributed by atoms with Gasteiger partial charge in [-0.05, 0) is 51.7 Å². The molecule has 1 fully saturated rings. The highest BCUT2D eigenvalue weighted by molar-refractivity contribution is 5.01. The second-order valence-electron chi connectivity index (χ2n) is 6.50. The van der Waals surface area contributed by atoms with Crippen LogP contribution < -0.4 is 5.32 Å². The molecule has 1 atom stereocenters. The second-order valence-corrected chi connectivity index (χ2v) is 6.50. The van der Waals surface area contributed by atoms with Crippen LogP contribution in [0.15, 0.2) is 0 Å². The van der Waals surface area contributed by atoms with Gasteiger partial charge in [-0.1, -0.05) is 53.4 Å². The first-order valence-corrected chi connectivity index (χ1v) is 9.12. The minimum atomic E-state index is 0.341.